The first-order chi connectivity index (χ1) is 10.2. The van der Waals surface area contributed by atoms with Gasteiger partial charge in [-0.2, -0.15) is 0 Å². The lowest BCUT2D eigenvalue weighted by molar-refractivity contribution is 0.0365. The molecule has 2 aromatic rings. The van der Waals surface area contributed by atoms with Crippen molar-refractivity contribution in [1.82, 2.24) is 15.0 Å². The second kappa shape index (κ2) is 6.05. The van der Waals surface area contributed by atoms with Crippen LogP contribution in [0.25, 0.3) is 0 Å². The molecular weight excluding hydrogens is 266 g/mol. The van der Waals surface area contributed by atoms with Crippen LogP contribution < -0.4 is 9.80 Å². The molecule has 1 saturated heterocycles. The third-order valence-corrected chi connectivity index (χ3v) is 3.45. The van der Waals surface area contributed by atoms with Gasteiger partial charge in [-0.25, -0.2) is 15.0 Å². The minimum atomic E-state index is -0.0533. The van der Waals surface area contributed by atoms with E-state index in [4.69, 9.17) is 4.74 Å². The molecule has 0 saturated carbocycles. The second-order valence-electron chi connectivity index (χ2n) is 5.17. The molecule has 0 radical (unpaired) electrons. The van der Waals surface area contributed by atoms with Crippen LogP contribution in [0.1, 0.15) is 11.8 Å². The van der Waals surface area contributed by atoms with Crippen LogP contribution in [0, 0.1) is 0 Å². The van der Waals surface area contributed by atoms with Gasteiger partial charge >= 0.3 is 0 Å². The van der Waals surface area contributed by atoms with E-state index >= 15 is 0 Å². The third-order valence-electron chi connectivity index (χ3n) is 3.45. The predicted octanol–water partition coefficient (Wildman–Crippen LogP) is 1.52. The largest absolute Gasteiger partial charge is 0.368 e. The van der Waals surface area contributed by atoms with Crippen LogP contribution >= 0.6 is 0 Å². The summed E-state index contributed by atoms with van der Waals surface area (Å²) in [6, 6.07) is 7.83. The van der Waals surface area contributed by atoms with E-state index < -0.39 is 0 Å². The maximum atomic E-state index is 5.87. The van der Waals surface area contributed by atoms with Crippen molar-refractivity contribution in [3.8, 4) is 0 Å². The first-order valence-electron chi connectivity index (χ1n) is 7.02. The molecule has 3 rings (SSSR count). The van der Waals surface area contributed by atoms with Crippen molar-refractivity contribution in [2.24, 2.45) is 0 Å². The normalized spacial score (nSPS) is 18.6. The molecule has 1 aliphatic rings. The Morgan fingerprint density at radius 1 is 1.19 bits per heavy atom. The third kappa shape index (κ3) is 3.11. The highest BCUT2D eigenvalue weighted by Crippen LogP contribution is 2.24. The highest BCUT2D eigenvalue weighted by molar-refractivity contribution is 5.38. The Bertz CT molecular complexity index is 590. The van der Waals surface area contributed by atoms with Crippen molar-refractivity contribution in [3.63, 3.8) is 0 Å². The van der Waals surface area contributed by atoms with Gasteiger partial charge in [0.25, 0.3) is 0 Å². The van der Waals surface area contributed by atoms with E-state index in [1.165, 1.54) is 0 Å². The number of anilines is 2. The molecule has 2 aromatic heterocycles. The monoisotopic (exact) mass is 285 g/mol. The molecule has 21 heavy (non-hydrogen) atoms. The number of pyridine rings is 1. The van der Waals surface area contributed by atoms with Crippen molar-refractivity contribution in [2.75, 3.05) is 43.6 Å². The van der Waals surface area contributed by atoms with Gasteiger partial charge in [0.05, 0.1) is 18.8 Å². The Balaban J connectivity index is 1.78. The summed E-state index contributed by atoms with van der Waals surface area (Å²) < 4.78 is 5.87. The predicted molar refractivity (Wildman–Crippen MR) is 81.5 cm³/mol. The van der Waals surface area contributed by atoms with Gasteiger partial charge in [0.2, 0.25) is 5.95 Å². The topological polar surface area (TPSA) is 54.4 Å². The zero-order valence-corrected chi connectivity index (χ0v) is 12.3. The van der Waals surface area contributed by atoms with Crippen LogP contribution in [0.2, 0.25) is 0 Å². The van der Waals surface area contributed by atoms with Crippen LogP contribution in [-0.4, -0.2) is 48.7 Å². The summed E-state index contributed by atoms with van der Waals surface area (Å²) in [6.07, 6.45) is 3.47. The van der Waals surface area contributed by atoms with E-state index in [1.807, 2.05) is 43.3 Å². The number of morpholine rings is 1. The summed E-state index contributed by atoms with van der Waals surface area (Å²) in [4.78, 5) is 17.4. The van der Waals surface area contributed by atoms with E-state index in [0.29, 0.717) is 13.2 Å². The van der Waals surface area contributed by atoms with Gasteiger partial charge in [-0.3, -0.25) is 0 Å². The van der Waals surface area contributed by atoms with Crippen LogP contribution in [0.15, 0.2) is 36.7 Å². The molecule has 3 heterocycles. The number of ether oxygens (including phenoxy) is 1. The van der Waals surface area contributed by atoms with Gasteiger partial charge in [0.15, 0.2) is 0 Å². The maximum absolute atomic E-state index is 5.87. The molecule has 110 valence electrons. The molecule has 1 fully saturated rings. The van der Waals surface area contributed by atoms with Crippen molar-refractivity contribution in [2.45, 2.75) is 6.10 Å². The van der Waals surface area contributed by atoms with E-state index in [-0.39, 0.29) is 6.10 Å². The van der Waals surface area contributed by atoms with Gasteiger partial charge in [-0.05, 0) is 18.2 Å². The van der Waals surface area contributed by atoms with Crippen molar-refractivity contribution >= 4 is 11.8 Å². The molecule has 1 unspecified atom stereocenters. The highest BCUT2D eigenvalue weighted by Gasteiger charge is 2.24. The zero-order valence-electron chi connectivity index (χ0n) is 12.3. The number of aromatic nitrogens is 3. The highest BCUT2D eigenvalue weighted by atomic mass is 16.5. The smallest absolute Gasteiger partial charge is 0.225 e. The summed E-state index contributed by atoms with van der Waals surface area (Å²) in [7, 11) is 3.97. The lowest BCUT2D eigenvalue weighted by Gasteiger charge is -2.32. The molecule has 0 amide bonds. The standard InChI is InChI=1S/C15H19N5O/c1-19(2)14-6-3-5-12(18-14)13-11-20(9-10-21-13)15-16-7-4-8-17-15/h3-8,13H,9-11H2,1-2H3. The Morgan fingerprint density at radius 2 is 2.00 bits per heavy atom. The minimum absolute atomic E-state index is 0.0533. The fourth-order valence-electron chi connectivity index (χ4n) is 2.33. The fourth-order valence-corrected chi connectivity index (χ4v) is 2.33. The first kappa shape index (κ1) is 13.8. The molecule has 6 heteroatoms. The number of rotatable bonds is 3. The van der Waals surface area contributed by atoms with Gasteiger partial charge in [0.1, 0.15) is 11.9 Å². The summed E-state index contributed by atoms with van der Waals surface area (Å²) in [5.41, 5.74) is 0.946. The Kier molecular flexibility index (Phi) is 3.96. The molecule has 6 nitrogen and oxygen atoms in total. The molecule has 0 aliphatic carbocycles. The average molecular weight is 285 g/mol. The van der Waals surface area contributed by atoms with Gasteiger partial charge in [-0.15, -0.1) is 0 Å². The molecular formula is C15H19N5O. The Hall–Kier alpha value is -2.21. The average Bonchev–Trinajstić information content (AvgIpc) is 2.56. The minimum Gasteiger partial charge on any atom is -0.368 e. The number of nitrogens with zero attached hydrogens (tertiary/aromatic N) is 5. The zero-order chi connectivity index (χ0) is 14.7. The summed E-state index contributed by atoms with van der Waals surface area (Å²) in [6.45, 7) is 2.17. The molecule has 0 aromatic carbocycles. The lowest BCUT2D eigenvalue weighted by atomic mass is 10.2. The molecule has 0 bridgehead atoms. The first-order valence-corrected chi connectivity index (χ1v) is 7.02. The summed E-state index contributed by atoms with van der Waals surface area (Å²) >= 11 is 0. The Labute approximate surface area is 124 Å². The fraction of sp³-hybridized carbons (Fsp3) is 0.400. The number of hydrogen-bond acceptors (Lipinski definition) is 6. The molecule has 0 N–H and O–H groups in total. The van der Waals surface area contributed by atoms with Crippen molar-refractivity contribution in [3.05, 3.63) is 42.4 Å². The van der Waals surface area contributed by atoms with Crippen LogP contribution in [0.3, 0.4) is 0 Å². The molecule has 0 spiro atoms. The van der Waals surface area contributed by atoms with E-state index in [0.717, 1.165) is 24.0 Å². The van der Waals surface area contributed by atoms with Crippen LogP contribution in [0.4, 0.5) is 11.8 Å². The van der Waals surface area contributed by atoms with E-state index in [2.05, 4.69) is 19.9 Å². The van der Waals surface area contributed by atoms with Gasteiger partial charge < -0.3 is 14.5 Å². The van der Waals surface area contributed by atoms with Crippen LogP contribution in [0.5, 0.6) is 0 Å². The van der Waals surface area contributed by atoms with E-state index in [9.17, 15) is 0 Å². The molecule has 1 atom stereocenters. The second-order valence-corrected chi connectivity index (χ2v) is 5.17. The lowest BCUT2D eigenvalue weighted by Crippen LogP contribution is -2.39. The van der Waals surface area contributed by atoms with Gasteiger partial charge in [-0.1, -0.05) is 6.07 Å². The summed E-state index contributed by atoms with van der Waals surface area (Å²) in [5, 5.41) is 0. The quantitative estimate of drug-likeness (QED) is 0.852. The maximum Gasteiger partial charge on any atom is 0.225 e. The van der Waals surface area contributed by atoms with E-state index in [1.54, 1.807) is 12.4 Å². The molecule has 1 aliphatic heterocycles. The van der Waals surface area contributed by atoms with Crippen molar-refractivity contribution in [1.29, 1.82) is 0 Å². The summed E-state index contributed by atoms with van der Waals surface area (Å²) in [5.74, 6) is 1.68. The van der Waals surface area contributed by atoms with Crippen molar-refractivity contribution < 1.29 is 4.74 Å². The van der Waals surface area contributed by atoms with Gasteiger partial charge in [0, 0.05) is 33.0 Å². The van der Waals surface area contributed by atoms with Crippen LogP contribution in [-0.2, 0) is 4.74 Å². The number of hydrogen-bond donors (Lipinski definition) is 0. The SMILES string of the molecule is CN(C)c1cccc(C2CN(c3ncccn3)CCO2)n1. The Morgan fingerprint density at radius 3 is 2.76 bits per heavy atom.